The molecule has 0 bridgehead atoms. The Balaban J connectivity index is 2.40. The van der Waals surface area contributed by atoms with Crippen molar-refractivity contribution in [2.45, 2.75) is 13.0 Å². The standard InChI is InChI=1S/C17H15F4N3O3/c1-22-24-13-6-7-15(26-9-14(18)19)23-16(13)12(8-25)10-2-4-11(5-3-10)27-17(20)21/h2-8,14,17,25H,9H2,1H3/b12-8+,24-22?. The number of azo groups is 1. The zero-order chi connectivity index (χ0) is 19.8. The van der Waals surface area contributed by atoms with Gasteiger partial charge in [0.25, 0.3) is 6.43 Å². The summed E-state index contributed by atoms with van der Waals surface area (Å²) in [7, 11) is 1.42. The van der Waals surface area contributed by atoms with Crippen LogP contribution in [0.4, 0.5) is 23.2 Å². The molecule has 10 heteroatoms. The van der Waals surface area contributed by atoms with Crippen LogP contribution in [0.2, 0.25) is 0 Å². The van der Waals surface area contributed by atoms with Gasteiger partial charge in [0.05, 0.1) is 6.26 Å². The number of pyridine rings is 1. The number of aliphatic hydroxyl groups excluding tert-OH is 1. The molecular formula is C17H15F4N3O3. The molecule has 0 amide bonds. The van der Waals surface area contributed by atoms with E-state index >= 15 is 0 Å². The van der Waals surface area contributed by atoms with Crippen LogP contribution < -0.4 is 9.47 Å². The number of hydrogen-bond acceptors (Lipinski definition) is 6. The summed E-state index contributed by atoms with van der Waals surface area (Å²) in [6.07, 6.45) is -1.95. The number of nitrogens with zero attached hydrogens (tertiary/aromatic N) is 3. The summed E-state index contributed by atoms with van der Waals surface area (Å²) in [5.74, 6) is -0.168. The van der Waals surface area contributed by atoms with Gasteiger partial charge in [-0.05, 0) is 23.8 Å². The molecule has 0 aliphatic rings. The van der Waals surface area contributed by atoms with Crippen LogP contribution in [0.3, 0.4) is 0 Å². The Labute approximate surface area is 151 Å². The monoisotopic (exact) mass is 385 g/mol. The van der Waals surface area contributed by atoms with Gasteiger partial charge in [0.1, 0.15) is 17.1 Å². The fraction of sp³-hybridized carbons (Fsp3) is 0.235. The van der Waals surface area contributed by atoms with Crippen LogP contribution in [0, 0.1) is 0 Å². The second kappa shape index (κ2) is 9.51. The summed E-state index contributed by atoms with van der Waals surface area (Å²) < 4.78 is 58.3. The van der Waals surface area contributed by atoms with Crippen molar-refractivity contribution in [3.8, 4) is 11.6 Å². The third-order valence-corrected chi connectivity index (χ3v) is 3.19. The topological polar surface area (TPSA) is 76.3 Å². The molecule has 0 spiro atoms. The van der Waals surface area contributed by atoms with E-state index in [1.807, 2.05) is 0 Å². The summed E-state index contributed by atoms with van der Waals surface area (Å²) in [6.45, 7) is -3.82. The van der Waals surface area contributed by atoms with Crippen LogP contribution >= 0.6 is 0 Å². The van der Waals surface area contributed by atoms with E-state index in [4.69, 9.17) is 4.74 Å². The van der Waals surface area contributed by atoms with Gasteiger partial charge in [0, 0.05) is 18.7 Å². The SMILES string of the molecule is CN=Nc1ccc(OCC(F)F)nc1/C(=C/O)c1ccc(OC(F)F)cc1. The van der Waals surface area contributed by atoms with Gasteiger partial charge >= 0.3 is 6.61 Å². The summed E-state index contributed by atoms with van der Waals surface area (Å²) in [4.78, 5) is 4.09. The number of halogens is 4. The first-order chi connectivity index (χ1) is 12.9. The van der Waals surface area contributed by atoms with E-state index in [2.05, 4.69) is 19.9 Å². The largest absolute Gasteiger partial charge is 0.515 e. The van der Waals surface area contributed by atoms with Crippen molar-refractivity contribution in [1.29, 1.82) is 0 Å². The van der Waals surface area contributed by atoms with Gasteiger partial charge in [-0.25, -0.2) is 13.8 Å². The lowest BCUT2D eigenvalue weighted by atomic mass is 10.0. The molecule has 0 radical (unpaired) electrons. The lowest BCUT2D eigenvalue weighted by Gasteiger charge is -2.12. The zero-order valence-corrected chi connectivity index (χ0v) is 14.0. The zero-order valence-electron chi connectivity index (χ0n) is 14.0. The van der Waals surface area contributed by atoms with Crippen molar-refractivity contribution in [3.63, 3.8) is 0 Å². The first kappa shape index (κ1) is 20.1. The number of benzene rings is 1. The molecule has 2 aromatic rings. The van der Waals surface area contributed by atoms with Crippen LogP contribution in [0.25, 0.3) is 5.57 Å². The third-order valence-electron chi connectivity index (χ3n) is 3.19. The number of ether oxygens (including phenoxy) is 2. The molecule has 1 aromatic heterocycles. The van der Waals surface area contributed by atoms with Crippen molar-refractivity contribution in [1.82, 2.24) is 4.98 Å². The molecule has 0 unspecified atom stereocenters. The highest BCUT2D eigenvalue weighted by molar-refractivity contribution is 5.82. The second-order valence-corrected chi connectivity index (χ2v) is 4.96. The number of aromatic nitrogens is 1. The minimum atomic E-state index is -2.97. The third kappa shape index (κ3) is 5.66. The quantitative estimate of drug-likeness (QED) is 0.395. The van der Waals surface area contributed by atoms with E-state index in [-0.39, 0.29) is 28.6 Å². The number of alkyl halides is 4. The normalized spacial score (nSPS) is 12.2. The highest BCUT2D eigenvalue weighted by atomic mass is 19.3. The van der Waals surface area contributed by atoms with Crippen LogP contribution in [0.15, 0.2) is 52.9 Å². The smallest absolute Gasteiger partial charge is 0.387 e. The van der Waals surface area contributed by atoms with Crippen LogP contribution in [-0.2, 0) is 0 Å². The Hall–Kier alpha value is -3.17. The maximum absolute atomic E-state index is 12.3. The predicted molar refractivity (Wildman–Crippen MR) is 89.0 cm³/mol. The van der Waals surface area contributed by atoms with Crippen molar-refractivity contribution in [2.24, 2.45) is 10.2 Å². The summed E-state index contributed by atoms with van der Waals surface area (Å²) >= 11 is 0. The molecule has 144 valence electrons. The Morgan fingerprint density at radius 1 is 1.15 bits per heavy atom. The average molecular weight is 385 g/mol. The van der Waals surface area contributed by atoms with E-state index in [1.54, 1.807) is 0 Å². The molecule has 0 saturated heterocycles. The minimum Gasteiger partial charge on any atom is -0.515 e. The van der Waals surface area contributed by atoms with Gasteiger partial charge in [-0.15, -0.1) is 0 Å². The van der Waals surface area contributed by atoms with Crippen LogP contribution in [-0.4, -0.2) is 36.8 Å². The first-order valence-electron chi connectivity index (χ1n) is 7.56. The molecule has 0 atom stereocenters. The molecule has 0 aliphatic heterocycles. The molecule has 1 N–H and O–H groups in total. The summed E-state index contributed by atoms with van der Waals surface area (Å²) in [5, 5.41) is 17.2. The Kier molecular flexibility index (Phi) is 7.09. The van der Waals surface area contributed by atoms with Gasteiger partial charge in [-0.3, -0.25) is 0 Å². The van der Waals surface area contributed by atoms with Crippen LogP contribution in [0.1, 0.15) is 11.3 Å². The Bertz CT molecular complexity index is 812. The molecule has 0 fully saturated rings. The summed E-state index contributed by atoms with van der Waals surface area (Å²) in [5.41, 5.74) is 0.904. The maximum Gasteiger partial charge on any atom is 0.387 e. The molecular weight excluding hydrogens is 370 g/mol. The van der Waals surface area contributed by atoms with Crippen molar-refractivity contribution in [3.05, 3.63) is 53.9 Å². The molecule has 1 aromatic carbocycles. The van der Waals surface area contributed by atoms with Gasteiger partial charge < -0.3 is 14.6 Å². The van der Waals surface area contributed by atoms with Crippen LogP contribution in [0.5, 0.6) is 11.6 Å². The second-order valence-electron chi connectivity index (χ2n) is 4.96. The molecule has 0 saturated carbocycles. The average Bonchev–Trinajstić information content (AvgIpc) is 2.63. The summed E-state index contributed by atoms with van der Waals surface area (Å²) in [6, 6.07) is 8.17. The lowest BCUT2D eigenvalue weighted by molar-refractivity contribution is -0.0498. The van der Waals surface area contributed by atoms with E-state index < -0.39 is 19.6 Å². The van der Waals surface area contributed by atoms with E-state index in [0.717, 1.165) is 6.26 Å². The highest BCUT2D eigenvalue weighted by Gasteiger charge is 2.16. The predicted octanol–water partition coefficient (Wildman–Crippen LogP) is 4.99. The highest BCUT2D eigenvalue weighted by Crippen LogP contribution is 2.32. The molecule has 27 heavy (non-hydrogen) atoms. The fourth-order valence-electron chi connectivity index (χ4n) is 2.14. The van der Waals surface area contributed by atoms with Gasteiger partial charge in [0.2, 0.25) is 5.88 Å². The Morgan fingerprint density at radius 2 is 1.85 bits per heavy atom. The van der Waals surface area contributed by atoms with Crippen molar-refractivity contribution >= 4 is 11.3 Å². The van der Waals surface area contributed by atoms with Gasteiger partial charge in [-0.1, -0.05) is 12.1 Å². The molecule has 1 heterocycles. The number of rotatable bonds is 8. The fourth-order valence-corrected chi connectivity index (χ4v) is 2.14. The van der Waals surface area contributed by atoms with Crippen molar-refractivity contribution in [2.75, 3.05) is 13.7 Å². The molecule has 6 nitrogen and oxygen atoms in total. The van der Waals surface area contributed by atoms with E-state index in [0.29, 0.717) is 5.56 Å². The van der Waals surface area contributed by atoms with Gasteiger partial charge in [0.15, 0.2) is 6.61 Å². The van der Waals surface area contributed by atoms with Crippen molar-refractivity contribution < 1.29 is 32.1 Å². The van der Waals surface area contributed by atoms with E-state index in [9.17, 15) is 22.7 Å². The molecule has 0 aliphatic carbocycles. The molecule has 2 rings (SSSR count). The Morgan fingerprint density at radius 3 is 2.41 bits per heavy atom. The van der Waals surface area contributed by atoms with Gasteiger partial charge in [-0.2, -0.15) is 19.0 Å². The van der Waals surface area contributed by atoms with E-state index in [1.165, 1.54) is 43.4 Å². The lowest BCUT2D eigenvalue weighted by Crippen LogP contribution is -2.08. The number of hydrogen-bond donors (Lipinski definition) is 1. The minimum absolute atomic E-state index is 0.0681. The number of aliphatic hydroxyl groups is 1. The maximum atomic E-state index is 12.3. The first-order valence-corrected chi connectivity index (χ1v) is 7.56.